The van der Waals surface area contributed by atoms with E-state index >= 15 is 0 Å². The van der Waals surface area contributed by atoms with Crippen LogP contribution in [0.3, 0.4) is 0 Å². The van der Waals surface area contributed by atoms with E-state index in [-0.39, 0.29) is 5.82 Å². The standard InChI is InChI=1S/C17H19FO/c1-12(2)11-13-3-5-14(6-4-13)17(19)15-7-9-16(18)10-8-15/h3-10,12,17,19H,11H2,1-2H3. The minimum atomic E-state index is -0.700. The van der Waals surface area contributed by atoms with E-state index in [0.717, 1.165) is 12.0 Å². The van der Waals surface area contributed by atoms with Gasteiger partial charge in [0.2, 0.25) is 0 Å². The zero-order valence-electron chi connectivity index (χ0n) is 11.3. The zero-order valence-corrected chi connectivity index (χ0v) is 11.3. The van der Waals surface area contributed by atoms with Crippen LogP contribution < -0.4 is 0 Å². The molecule has 0 fully saturated rings. The van der Waals surface area contributed by atoms with E-state index in [0.29, 0.717) is 11.5 Å². The van der Waals surface area contributed by atoms with Crippen LogP contribution >= 0.6 is 0 Å². The van der Waals surface area contributed by atoms with Crippen molar-refractivity contribution in [3.8, 4) is 0 Å². The fourth-order valence-electron chi connectivity index (χ4n) is 2.14. The van der Waals surface area contributed by atoms with Crippen LogP contribution in [0.25, 0.3) is 0 Å². The summed E-state index contributed by atoms with van der Waals surface area (Å²) in [7, 11) is 0. The third-order valence-electron chi connectivity index (χ3n) is 3.13. The van der Waals surface area contributed by atoms with Crippen molar-refractivity contribution in [2.75, 3.05) is 0 Å². The lowest BCUT2D eigenvalue weighted by Gasteiger charge is -2.12. The predicted molar refractivity (Wildman–Crippen MR) is 75.4 cm³/mol. The number of benzene rings is 2. The van der Waals surface area contributed by atoms with Gasteiger partial charge in [0.15, 0.2) is 0 Å². The topological polar surface area (TPSA) is 20.2 Å². The largest absolute Gasteiger partial charge is 0.384 e. The number of aliphatic hydroxyl groups is 1. The molecule has 0 aromatic heterocycles. The SMILES string of the molecule is CC(C)Cc1ccc(C(O)c2ccc(F)cc2)cc1. The first-order valence-electron chi connectivity index (χ1n) is 6.58. The Hall–Kier alpha value is -1.67. The molecule has 0 aliphatic carbocycles. The molecular weight excluding hydrogens is 239 g/mol. The molecule has 1 atom stereocenters. The van der Waals surface area contributed by atoms with E-state index in [4.69, 9.17) is 0 Å². The van der Waals surface area contributed by atoms with Gasteiger partial charge in [-0.2, -0.15) is 0 Å². The maximum Gasteiger partial charge on any atom is 0.123 e. The number of hydrogen-bond donors (Lipinski definition) is 1. The molecule has 100 valence electrons. The summed E-state index contributed by atoms with van der Waals surface area (Å²) < 4.78 is 12.8. The van der Waals surface area contributed by atoms with Crippen molar-refractivity contribution in [1.29, 1.82) is 0 Å². The monoisotopic (exact) mass is 258 g/mol. The average Bonchev–Trinajstić information content (AvgIpc) is 2.39. The van der Waals surface area contributed by atoms with E-state index in [1.54, 1.807) is 12.1 Å². The number of aliphatic hydroxyl groups excluding tert-OH is 1. The second-order valence-electron chi connectivity index (χ2n) is 5.29. The summed E-state index contributed by atoms with van der Waals surface area (Å²) in [6.45, 7) is 4.36. The Kier molecular flexibility index (Phi) is 4.33. The molecule has 0 heterocycles. The highest BCUT2D eigenvalue weighted by molar-refractivity contribution is 5.32. The number of hydrogen-bond acceptors (Lipinski definition) is 1. The summed E-state index contributed by atoms with van der Waals surface area (Å²) in [4.78, 5) is 0. The molecule has 19 heavy (non-hydrogen) atoms. The lowest BCUT2D eigenvalue weighted by atomic mass is 9.97. The first-order valence-corrected chi connectivity index (χ1v) is 6.58. The van der Waals surface area contributed by atoms with Gasteiger partial charge in [0.1, 0.15) is 11.9 Å². The van der Waals surface area contributed by atoms with Crippen LogP contribution in [0, 0.1) is 11.7 Å². The second kappa shape index (κ2) is 5.98. The summed E-state index contributed by atoms with van der Waals surface area (Å²) in [5.41, 5.74) is 2.81. The van der Waals surface area contributed by atoms with Crippen molar-refractivity contribution in [1.82, 2.24) is 0 Å². The maximum absolute atomic E-state index is 12.8. The Morgan fingerprint density at radius 2 is 1.37 bits per heavy atom. The Balaban J connectivity index is 2.15. The van der Waals surface area contributed by atoms with Crippen molar-refractivity contribution >= 4 is 0 Å². The van der Waals surface area contributed by atoms with Gasteiger partial charge in [-0.05, 0) is 41.2 Å². The van der Waals surface area contributed by atoms with Crippen LogP contribution in [0.1, 0.15) is 36.6 Å². The Morgan fingerprint density at radius 3 is 1.84 bits per heavy atom. The van der Waals surface area contributed by atoms with E-state index in [2.05, 4.69) is 13.8 Å². The molecule has 0 aliphatic heterocycles. The minimum Gasteiger partial charge on any atom is -0.384 e. The van der Waals surface area contributed by atoms with Gasteiger partial charge in [-0.15, -0.1) is 0 Å². The van der Waals surface area contributed by atoms with Gasteiger partial charge >= 0.3 is 0 Å². The highest BCUT2D eigenvalue weighted by Crippen LogP contribution is 2.23. The average molecular weight is 258 g/mol. The fourth-order valence-corrected chi connectivity index (χ4v) is 2.14. The summed E-state index contributed by atoms with van der Waals surface area (Å²) >= 11 is 0. The normalized spacial score (nSPS) is 12.7. The molecule has 0 spiro atoms. The van der Waals surface area contributed by atoms with Crippen LogP contribution in [0.2, 0.25) is 0 Å². The fraction of sp³-hybridized carbons (Fsp3) is 0.294. The summed E-state index contributed by atoms with van der Waals surface area (Å²) in [6, 6.07) is 13.9. The van der Waals surface area contributed by atoms with Gasteiger partial charge in [-0.3, -0.25) is 0 Å². The highest BCUT2D eigenvalue weighted by atomic mass is 19.1. The molecule has 1 unspecified atom stereocenters. The third-order valence-corrected chi connectivity index (χ3v) is 3.13. The van der Waals surface area contributed by atoms with Gasteiger partial charge in [0.05, 0.1) is 0 Å². The first kappa shape index (κ1) is 13.8. The molecule has 0 saturated carbocycles. The zero-order chi connectivity index (χ0) is 13.8. The van der Waals surface area contributed by atoms with Crippen molar-refractivity contribution < 1.29 is 9.50 Å². The molecule has 0 radical (unpaired) electrons. The highest BCUT2D eigenvalue weighted by Gasteiger charge is 2.10. The van der Waals surface area contributed by atoms with Crippen LogP contribution in [-0.4, -0.2) is 5.11 Å². The van der Waals surface area contributed by atoms with Gasteiger partial charge < -0.3 is 5.11 Å². The molecule has 0 saturated heterocycles. The number of rotatable bonds is 4. The smallest absolute Gasteiger partial charge is 0.123 e. The molecule has 2 heteroatoms. The molecule has 0 amide bonds. The Morgan fingerprint density at radius 1 is 0.895 bits per heavy atom. The lowest BCUT2D eigenvalue weighted by molar-refractivity contribution is 0.220. The lowest BCUT2D eigenvalue weighted by Crippen LogP contribution is -2.00. The van der Waals surface area contributed by atoms with Gasteiger partial charge in [0.25, 0.3) is 0 Å². The van der Waals surface area contributed by atoms with Crippen LogP contribution in [0.4, 0.5) is 4.39 Å². The van der Waals surface area contributed by atoms with Gasteiger partial charge in [-0.1, -0.05) is 50.2 Å². The molecule has 2 aromatic rings. The molecule has 1 N–H and O–H groups in total. The predicted octanol–water partition coefficient (Wildman–Crippen LogP) is 4.11. The summed E-state index contributed by atoms with van der Waals surface area (Å²) in [5, 5.41) is 10.2. The molecule has 0 bridgehead atoms. The molecular formula is C17H19FO. The van der Waals surface area contributed by atoms with Crippen LogP contribution in [-0.2, 0) is 6.42 Å². The summed E-state index contributed by atoms with van der Waals surface area (Å²) in [6.07, 6.45) is 0.334. The van der Waals surface area contributed by atoms with Crippen LogP contribution in [0.15, 0.2) is 48.5 Å². The van der Waals surface area contributed by atoms with E-state index in [1.807, 2.05) is 24.3 Å². The van der Waals surface area contributed by atoms with Crippen LogP contribution in [0.5, 0.6) is 0 Å². The van der Waals surface area contributed by atoms with Crippen molar-refractivity contribution in [2.45, 2.75) is 26.4 Å². The molecule has 2 rings (SSSR count). The minimum absolute atomic E-state index is 0.289. The molecule has 0 aliphatic rings. The summed E-state index contributed by atoms with van der Waals surface area (Å²) in [5.74, 6) is 0.330. The quantitative estimate of drug-likeness (QED) is 0.875. The molecule has 2 aromatic carbocycles. The van der Waals surface area contributed by atoms with Gasteiger partial charge in [-0.25, -0.2) is 4.39 Å². The van der Waals surface area contributed by atoms with E-state index in [9.17, 15) is 9.50 Å². The first-order chi connectivity index (χ1) is 9.06. The van der Waals surface area contributed by atoms with E-state index < -0.39 is 6.10 Å². The van der Waals surface area contributed by atoms with Crippen molar-refractivity contribution in [2.24, 2.45) is 5.92 Å². The van der Waals surface area contributed by atoms with E-state index in [1.165, 1.54) is 17.7 Å². The Labute approximate surface area is 113 Å². The number of halogens is 1. The maximum atomic E-state index is 12.8. The second-order valence-corrected chi connectivity index (χ2v) is 5.29. The third kappa shape index (κ3) is 3.65. The van der Waals surface area contributed by atoms with Crippen molar-refractivity contribution in [3.05, 3.63) is 71.0 Å². The van der Waals surface area contributed by atoms with Crippen molar-refractivity contribution in [3.63, 3.8) is 0 Å². The molecule has 1 nitrogen and oxygen atoms in total. The Bertz CT molecular complexity index is 514. The van der Waals surface area contributed by atoms with Gasteiger partial charge in [0, 0.05) is 0 Å².